The molecule has 0 fully saturated rings. The molecule has 2 heteroatoms. The van der Waals surface area contributed by atoms with Gasteiger partial charge in [-0.2, -0.15) is 0 Å². The summed E-state index contributed by atoms with van der Waals surface area (Å²) >= 11 is 1.63. The second-order valence-electron chi connectivity index (χ2n) is 4.03. The van der Waals surface area contributed by atoms with Gasteiger partial charge in [-0.1, -0.05) is 29.8 Å². The van der Waals surface area contributed by atoms with Crippen LogP contribution in [0.4, 0.5) is 0 Å². The second-order valence-corrected chi connectivity index (χ2v) is 5.01. The van der Waals surface area contributed by atoms with E-state index in [1.54, 1.807) is 17.4 Å². The molecule has 86 valence electrons. The molecule has 0 saturated carbocycles. The zero-order chi connectivity index (χ0) is 12.3. The molecule has 0 aliphatic carbocycles. The van der Waals surface area contributed by atoms with Crippen LogP contribution in [0.25, 0.3) is 6.08 Å². The van der Waals surface area contributed by atoms with Gasteiger partial charge in [-0.25, -0.2) is 0 Å². The van der Waals surface area contributed by atoms with Crippen LogP contribution in [0.3, 0.4) is 0 Å². The Labute approximate surface area is 105 Å². The minimum Gasteiger partial charge on any atom is -0.289 e. The first-order valence-corrected chi connectivity index (χ1v) is 6.38. The Kier molecular flexibility index (Phi) is 3.55. The summed E-state index contributed by atoms with van der Waals surface area (Å²) in [6, 6.07) is 9.87. The lowest BCUT2D eigenvalue weighted by Gasteiger charge is -2.02. The highest BCUT2D eigenvalue weighted by Gasteiger charge is 2.05. The highest BCUT2D eigenvalue weighted by Crippen LogP contribution is 2.14. The number of hydrogen-bond acceptors (Lipinski definition) is 2. The molecule has 0 atom stereocenters. The quantitative estimate of drug-likeness (QED) is 0.580. The zero-order valence-electron chi connectivity index (χ0n) is 9.94. The first-order chi connectivity index (χ1) is 8.16. The van der Waals surface area contributed by atoms with Crippen LogP contribution in [0.15, 0.2) is 41.8 Å². The van der Waals surface area contributed by atoms with Crippen LogP contribution in [-0.4, -0.2) is 5.78 Å². The molecule has 1 aromatic carbocycles. The number of allylic oxidation sites excluding steroid dienone is 1. The van der Waals surface area contributed by atoms with E-state index in [0.717, 1.165) is 16.0 Å². The summed E-state index contributed by atoms with van der Waals surface area (Å²) in [6.45, 7) is 4.00. The van der Waals surface area contributed by atoms with Crippen LogP contribution in [0.1, 0.15) is 26.4 Å². The average Bonchev–Trinajstić information content (AvgIpc) is 2.78. The molecule has 2 rings (SSSR count). The minimum atomic E-state index is 0.0656. The third-order valence-electron chi connectivity index (χ3n) is 2.59. The van der Waals surface area contributed by atoms with E-state index in [1.807, 2.05) is 55.6 Å². The van der Waals surface area contributed by atoms with Crippen molar-refractivity contribution in [2.75, 3.05) is 0 Å². The molecule has 1 heterocycles. The lowest BCUT2D eigenvalue weighted by molar-refractivity contribution is 0.104. The summed E-state index contributed by atoms with van der Waals surface area (Å²) in [6.07, 6.45) is 3.51. The fourth-order valence-electron chi connectivity index (χ4n) is 1.72. The predicted molar refractivity (Wildman–Crippen MR) is 73.6 cm³/mol. The second kappa shape index (κ2) is 5.11. The zero-order valence-corrected chi connectivity index (χ0v) is 10.8. The Bertz CT molecular complexity index is 550. The van der Waals surface area contributed by atoms with Crippen molar-refractivity contribution < 1.29 is 4.79 Å². The molecule has 0 bridgehead atoms. The highest BCUT2D eigenvalue weighted by atomic mass is 32.1. The van der Waals surface area contributed by atoms with E-state index >= 15 is 0 Å². The first kappa shape index (κ1) is 11.8. The molecule has 0 unspecified atom stereocenters. The molecule has 2 aromatic rings. The van der Waals surface area contributed by atoms with E-state index < -0.39 is 0 Å². The summed E-state index contributed by atoms with van der Waals surface area (Å²) < 4.78 is 0. The monoisotopic (exact) mass is 242 g/mol. The number of carbonyl (C=O) groups excluding carboxylic acids is 1. The maximum absolute atomic E-state index is 12.0. The fourth-order valence-corrected chi connectivity index (χ4v) is 2.34. The van der Waals surface area contributed by atoms with Gasteiger partial charge >= 0.3 is 0 Å². The van der Waals surface area contributed by atoms with Gasteiger partial charge in [0.1, 0.15) is 0 Å². The first-order valence-electron chi connectivity index (χ1n) is 5.50. The van der Waals surface area contributed by atoms with Gasteiger partial charge in [-0.15, -0.1) is 11.3 Å². The van der Waals surface area contributed by atoms with Crippen molar-refractivity contribution >= 4 is 23.2 Å². The van der Waals surface area contributed by atoms with Crippen molar-refractivity contribution in [3.05, 3.63) is 63.4 Å². The van der Waals surface area contributed by atoms with Crippen LogP contribution >= 0.6 is 11.3 Å². The molecule has 0 aliphatic heterocycles. The van der Waals surface area contributed by atoms with E-state index in [0.29, 0.717) is 0 Å². The number of carbonyl (C=O) groups is 1. The summed E-state index contributed by atoms with van der Waals surface area (Å²) in [5, 5.41) is 2.00. The molecular weight excluding hydrogens is 228 g/mol. The molecule has 0 spiro atoms. The van der Waals surface area contributed by atoms with Crippen molar-refractivity contribution in [1.29, 1.82) is 0 Å². The molecule has 0 N–H and O–H groups in total. The molecule has 0 saturated heterocycles. The molecule has 1 aromatic heterocycles. The molecule has 0 aliphatic rings. The number of aryl methyl sites for hydroxylation is 2. The van der Waals surface area contributed by atoms with Gasteiger partial charge in [-0.05, 0) is 43.0 Å². The van der Waals surface area contributed by atoms with Gasteiger partial charge in [0.15, 0.2) is 5.78 Å². The van der Waals surface area contributed by atoms with Crippen molar-refractivity contribution in [3.8, 4) is 0 Å². The van der Waals surface area contributed by atoms with E-state index in [1.165, 1.54) is 5.56 Å². The lowest BCUT2D eigenvalue weighted by Crippen LogP contribution is -1.97. The highest BCUT2D eigenvalue weighted by molar-refractivity contribution is 7.10. The van der Waals surface area contributed by atoms with Crippen LogP contribution in [0, 0.1) is 13.8 Å². The van der Waals surface area contributed by atoms with Crippen LogP contribution in [0.2, 0.25) is 0 Å². The third-order valence-corrected chi connectivity index (χ3v) is 3.43. The fraction of sp³-hybridized carbons (Fsp3) is 0.133. The molecule has 17 heavy (non-hydrogen) atoms. The number of hydrogen-bond donors (Lipinski definition) is 0. The van der Waals surface area contributed by atoms with E-state index in [4.69, 9.17) is 0 Å². The molecule has 0 amide bonds. The smallest absolute Gasteiger partial charge is 0.186 e. The van der Waals surface area contributed by atoms with Gasteiger partial charge < -0.3 is 0 Å². The van der Waals surface area contributed by atoms with Crippen molar-refractivity contribution in [1.82, 2.24) is 0 Å². The van der Waals surface area contributed by atoms with Crippen LogP contribution < -0.4 is 0 Å². The largest absolute Gasteiger partial charge is 0.289 e. The maximum Gasteiger partial charge on any atom is 0.186 e. The van der Waals surface area contributed by atoms with Crippen molar-refractivity contribution in [2.24, 2.45) is 0 Å². The molecule has 0 radical (unpaired) electrons. The summed E-state index contributed by atoms with van der Waals surface area (Å²) in [7, 11) is 0. The number of thiophene rings is 1. The third kappa shape index (κ3) is 2.92. The van der Waals surface area contributed by atoms with Crippen LogP contribution in [-0.2, 0) is 0 Å². The van der Waals surface area contributed by atoms with Gasteiger partial charge in [-0.3, -0.25) is 4.79 Å². The number of rotatable bonds is 3. The lowest BCUT2D eigenvalue weighted by atomic mass is 10.0. The number of ketones is 1. The Morgan fingerprint density at radius 3 is 2.71 bits per heavy atom. The van der Waals surface area contributed by atoms with Crippen molar-refractivity contribution in [2.45, 2.75) is 13.8 Å². The maximum atomic E-state index is 12.0. The summed E-state index contributed by atoms with van der Waals surface area (Å²) in [5.41, 5.74) is 3.00. The topological polar surface area (TPSA) is 17.1 Å². The summed E-state index contributed by atoms with van der Waals surface area (Å²) in [5.74, 6) is 0.0656. The predicted octanol–water partition coefficient (Wildman–Crippen LogP) is 4.26. The Hall–Kier alpha value is -1.67. The van der Waals surface area contributed by atoms with Gasteiger partial charge in [0.05, 0.1) is 0 Å². The summed E-state index contributed by atoms with van der Waals surface area (Å²) in [4.78, 5) is 13.1. The Morgan fingerprint density at radius 2 is 2.06 bits per heavy atom. The van der Waals surface area contributed by atoms with Crippen molar-refractivity contribution in [3.63, 3.8) is 0 Å². The van der Waals surface area contributed by atoms with Gasteiger partial charge in [0.2, 0.25) is 0 Å². The molecular formula is C15H14OS. The van der Waals surface area contributed by atoms with Gasteiger partial charge in [0, 0.05) is 10.4 Å². The minimum absolute atomic E-state index is 0.0656. The van der Waals surface area contributed by atoms with Gasteiger partial charge in [0.25, 0.3) is 0 Å². The Morgan fingerprint density at radius 1 is 1.24 bits per heavy atom. The van der Waals surface area contributed by atoms with E-state index in [2.05, 4.69) is 0 Å². The van der Waals surface area contributed by atoms with E-state index in [-0.39, 0.29) is 5.78 Å². The standard InChI is InChI=1S/C15H14OS/c1-11-5-7-14(12(2)10-11)15(16)8-6-13-4-3-9-17-13/h3-10H,1-2H3. The van der Waals surface area contributed by atoms with Crippen LogP contribution in [0.5, 0.6) is 0 Å². The average molecular weight is 242 g/mol. The molecule has 1 nitrogen and oxygen atoms in total. The Balaban J connectivity index is 2.20. The SMILES string of the molecule is Cc1ccc(C(=O)C=Cc2cccs2)c(C)c1. The van der Waals surface area contributed by atoms with E-state index in [9.17, 15) is 4.79 Å². The normalized spacial score (nSPS) is 10.9. The number of benzene rings is 1.